The Balaban J connectivity index is 1.63. The molecule has 0 spiro atoms. The summed E-state index contributed by atoms with van der Waals surface area (Å²) in [5.41, 5.74) is 1.57. The molecule has 0 radical (unpaired) electrons. The Morgan fingerprint density at radius 2 is 2.05 bits per heavy atom. The van der Waals surface area contributed by atoms with E-state index >= 15 is 0 Å². The maximum Gasteiger partial charge on any atom is 0.155 e. The fourth-order valence-corrected chi connectivity index (χ4v) is 6.62. The minimum Gasteiger partial charge on any atom is -0.393 e. The molecule has 1 unspecified atom stereocenters. The van der Waals surface area contributed by atoms with Crippen LogP contribution >= 0.6 is 0 Å². The molecule has 22 heavy (non-hydrogen) atoms. The normalized spacial score (nSPS) is 47.2. The molecule has 4 rings (SSSR count). The van der Waals surface area contributed by atoms with Gasteiger partial charge in [-0.25, -0.2) is 0 Å². The van der Waals surface area contributed by atoms with E-state index in [1.807, 2.05) is 12.2 Å². The van der Waals surface area contributed by atoms with Crippen LogP contribution in [0.3, 0.4) is 0 Å². The van der Waals surface area contributed by atoms with Gasteiger partial charge in [-0.15, -0.1) is 6.58 Å². The second kappa shape index (κ2) is 5.33. The van der Waals surface area contributed by atoms with Gasteiger partial charge in [0.2, 0.25) is 0 Å². The van der Waals surface area contributed by atoms with Crippen molar-refractivity contribution in [3.8, 4) is 0 Å². The van der Waals surface area contributed by atoms with Gasteiger partial charge in [-0.05, 0) is 81.1 Å². The van der Waals surface area contributed by atoms with Crippen LogP contribution in [0.1, 0.15) is 57.8 Å². The van der Waals surface area contributed by atoms with Crippen LogP contribution in [0.5, 0.6) is 0 Å². The minimum atomic E-state index is -0.124. The van der Waals surface area contributed by atoms with Crippen LogP contribution in [0, 0.1) is 29.1 Å². The lowest BCUT2D eigenvalue weighted by molar-refractivity contribution is -0.116. The van der Waals surface area contributed by atoms with Crippen molar-refractivity contribution in [3.63, 3.8) is 0 Å². The average molecular weight is 300 g/mol. The molecule has 0 bridgehead atoms. The number of allylic oxidation sites excluding steroid dienone is 2. The second-order valence-electron chi connectivity index (χ2n) is 8.16. The van der Waals surface area contributed by atoms with Crippen molar-refractivity contribution in [2.24, 2.45) is 29.1 Å². The molecule has 4 aliphatic carbocycles. The first kappa shape index (κ1) is 14.7. The van der Waals surface area contributed by atoms with Crippen LogP contribution in [-0.2, 0) is 4.79 Å². The van der Waals surface area contributed by atoms with E-state index in [1.165, 1.54) is 24.8 Å². The summed E-state index contributed by atoms with van der Waals surface area (Å²) in [5, 5.41) is 10.7. The third-order valence-corrected chi connectivity index (χ3v) is 7.50. The first-order valence-corrected chi connectivity index (χ1v) is 9.18. The van der Waals surface area contributed by atoms with Gasteiger partial charge >= 0.3 is 0 Å². The predicted molar refractivity (Wildman–Crippen MR) is 87.2 cm³/mol. The molecule has 0 heterocycles. The Hall–Kier alpha value is -0.890. The Bertz CT molecular complexity index is 520. The smallest absolute Gasteiger partial charge is 0.155 e. The van der Waals surface area contributed by atoms with Gasteiger partial charge < -0.3 is 5.11 Å². The fraction of sp³-hybridized carbons (Fsp3) is 0.750. The third kappa shape index (κ3) is 1.99. The molecule has 6 atom stereocenters. The zero-order chi connectivity index (χ0) is 15.3. The van der Waals surface area contributed by atoms with Crippen LogP contribution in [0.2, 0.25) is 0 Å². The maximum atomic E-state index is 11.7. The van der Waals surface area contributed by atoms with Gasteiger partial charge in [-0.1, -0.05) is 11.6 Å². The van der Waals surface area contributed by atoms with Gasteiger partial charge in [0.25, 0.3) is 0 Å². The van der Waals surface area contributed by atoms with Crippen LogP contribution in [0.4, 0.5) is 0 Å². The molecule has 0 aliphatic heterocycles. The van der Waals surface area contributed by atoms with E-state index in [-0.39, 0.29) is 11.5 Å². The number of ketones is 1. The molecular weight excluding hydrogens is 272 g/mol. The highest BCUT2D eigenvalue weighted by Crippen LogP contribution is 2.63. The Morgan fingerprint density at radius 1 is 1.18 bits per heavy atom. The van der Waals surface area contributed by atoms with Crippen LogP contribution in [-0.4, -0.2) is 17.0 Å². The average Bonchev–Trinajstić information content (AvgIpc) is 2.84. The minimum absolute atomic E-state index is 0.120. The van der Waals surface area contributed by atoms with E-state index in [0.717, 1.165) is 50.4 Å². The fourth-order valence-electron chi connectivity index (χ4n) is 6.62. The Morgan fingerprint density at radius 3 is 2.86 bits per heavy atom. The third-order valence-electron chi connectivity index (χ3n) is 7.50. The van der Waals surface area contributed by atoms with Crippen LogP contribution in [0.25, 0.3) is 0 Å². The predicted octanol–water partition coefficient (Wildman–Crippen LogP) is 4.05. The van der Waals surface area contributed by atoms with Gasteiger partial charge in [-0.3, -0.25) is 4.79 Å². The number of aliphatic hydroxyl groups excluding tert-OH is 1. The summed E-state index contributed by atoms with van der Waals surface area (Å²) in [6, 6.07) is 0. The van der Waals surface area contributed by atoms with Crippen LogP contribution in [0.15, 0.2) is 24.3 Å². The lowest BCUT2D eigenvalue weighted by Crippen LogP contribution is -2.48. The monoisotopic (exact) mass is 300 g/mol. The van der Waals surface area contributed by atoms with Crippen molar-refractivity contribution < 1.29 is 9.90 Å². The summed E-state index contributed by atoms with van der Waals surface area (Å²) in [7, 11) is 0. The van der Waals surface area contributed by atoms with Crippen molar-refractivity contribution in [1.29, 1.82) is 0 Å². The zero-order valence-electron chi connectivity index (χ0n) is 13.5. The van der Waals surface area contributed by atoms with E-state index in [0.29, 0.717) is 17.6 Å². The van der Waals surface area contributed by atoms with Gasteiger partial charge in [0.05, 0.1) is 6.10 Å². The van der Waals surface area contributed by atoms with Crippen molar-refractivity contribution in [1.82, 2.24) is 0 Å². The Labute approximate surface area is 133 Å². The molecule has 120 valence electrons. The first-order valence-electron chi connectivity index (χ1n) is 9.18. The molecule has 2 heteroatoms. The van der Waals surface area contributed by atoms with E-state index in [9.17, 15) is 9.90 Å². The molecule has 0 amide bonds. The quantitative estimate of drug-likeness (QED) is 0.781. The van der Waals surface area contributed by atoms with E-state index in [1.54, 1.807) is 0 Å². The number of fused-ring (bicyclic) bond motifs is 5. The summed E-state index contributed by atoms with van der Waals surface area (Å²) in [6.07, 6.45) is 13.6. The molecule has 0 aromatic carbocycles. The molecule has 1 N–H and O–H groups in total. The van der Waals surface area contributed by atoms with E-state index < -0.39 is 0 Å². The number of hydrogen-bond acceptors (Lipinski definition) is 2. The van der Waals surface area contributed by atoms with E-state index in [2.05, 4.69) is 6.58 Å². The summed E-state index contributed by atoms with van der Waals surface area (Å²) in [4.78, 5) is 11.7. The standard InChI is InChI=1S/C20H28O2/c1-2-10-20-11-9-16-15-6-4-14(21)12-13(15)3-5-17(16)18(20)7-8-19(20)22/h2,12,15-19,22H,1,3-11H2/t15-,16+,17+,18-,19?,20-/m0/s1. The van der Waals surface area contributed by atoms with Crippen molar-refractivity contribution in [2.75, 3.05) is 0 Å². The number of carbonyl (C=O) groups excluding carboxylic acids is 1. The zero-order valence-corrected chi connectivity index (χ0v) is 13.5. The maximum absolute atomic E-state index is 11.7. The largest absolute Gasteiger partial charge is 0.393 e. The summed E-state index contributed by atoms with van der Waals surface area (Å²) < 4.78 is 0. The van der Waals surface area contributed by atoms with Gasteiger partial charge in [-0.2, -0.15) is 0 Å². The molecule has 2 nitrogen and oxygen atoms in total. The molecule has 4 aliphatic rings. The topological polar surface area (TPSA) is 37.3 Å². The number of aliphatic hydroxyl groups is 1. The first-order chi connectivity index (χ1) is 10.7. The highest BCUT2D eigenvalue weighted by Gasteiger charge is 2.57. The molecule has 0 aromatic rings. The summed E-state index contributed by atoms with van der Waals surface area (Å²) in [5.74, 6) is 3.22. The van der Waals surface area contributed by atoms with Gasteiger partial charge in [0, 0.05) is 11.8 Å². The van der Waals surface area contributed by atoms with Crippen LogP contribution < -0.4 is 0 Å². The molecule has 3 fully saturated rings. The van der Waals surface area contributed by atoms with E-state index in [4.69, 9.17) is 0 Å². The highest BCUT2D eigenvalue weighted by atomic mass is 16.3. The van der Waals surface area contributed by atoms with Crippen molar-refractivity contribution in [2.45, 2.75) is 63.9 Å². The van der Waals surface area contributed by atoms with Gasteiger partial charge in [0.1, 0.15) is 0 Å². The lowest BCUT2D eigenvalue weighted by atomic mass is 9.51. The summed E-state index contributed by atoms with van der Waals surface area (Å²) >= 11 is 0. The number of carbonyl (C=O) groups is 1. The molecule has 0 saturated heterocycles. The molecule has 3 saturated carbocycles. The summed E-state index contributed by atoms with van der Waals surface area (Å²) in [6.45, 7) is 3.96. The van der Waals surface area contributed by atoms with Crippen molar-refractivity contribution >= 4 is 5.78 Å². The molecular formula is C20H28O2. The number of hydrogen-bond donors (Lipinski definition) is 1. The number of rotatable bonds is 2. The second-order valence-corrected chi connectivity index (χ2v) is 8.16. The molecule has 0 aromatic heterocycles. The lowest BCUT2D eigenvalue weighted by Gasteiger charge is -2.54. The SMILES string of the molecule is C=CC[C@]12CC[C@H]3[C@@H](CCC4=CC(=O)CC[C@@H]43)[C@@H]1CCC2O. The van der Waals surface area contributed by atoms with Crippen molar-refractivity contribution in [3.05, 3.63) is 24.3 Å². The van der Waals surface area contributed by atoms with Gasteiger partial charge in [0.15, 0.2) is 5.78 Å². The highest BCUT2D eigenvalue weighted by molar-refractivity contribution is 5.91. The Kier molecular flexibility index (Phi) is 3.56.